The third kappa shape index (κ3) is 2.57. The van der Waals surface area contributed by atoms with Crippen molar-refractivity contribution in [3.63, 3.8) is 0 Å². The van der Waals surface area contributed by atoms with Crippen LogP contribution in [0.25, 0.3) is 0 Å². The first-order valence-corrected chi connectivity index (χ1v) is 7.58. The molecule has 0 spiro atoms. The predicted molar refractivity (Wildman–Crippen MR) is 85.7 cm³/mol. The summed E-state index contributed by atoms with van der Waals surface area (Å²) < 4.78 is 15.4. The van der Waals surface area contributed by atoms with Crippen molar-refractivity contribution in [3.05, 3.63) is 46.3 Å². The van der Waals surface area contributed by atoms with Crippen molar-refractivity contribution in [1.82, 2.24) is 9.55 Å². The van der Waals surface area contributed by atoms with Gasteiger partial charge in [0.1, 0.15) is 5.82 Å². The van der Waals surface area contributed by atoms with Crippen molar-refractivity contribution in [2.24, 2.45) is 7.05 Å². The second-order valence-electron chi connectivity index (χ2n) is 6.43. The van der Waals surface area contributed by atoms with E-state index in [0.29, 0.717) is 18.8 Å². The van der Waals surface area contributed by atoms with Gasteiger partial charge in [0, 0.05) is 24.7 Å². The molecule has 0 radical (unpaired) electrons. The van der Waals surface area contributed by atoms with E-state index < -0.39 is 11.8 Å². The Kier molecular flexibility index (Phi) is 3.59. The zero-order valence-corrected chi connectivity index (χ0v) is 13.9. The predicted octanol–water partition coefficient (Wildman–Crippen LogP) is 3.21. The number of carboxylic acid groups (broad SMARTS) is 1. The van der Waals surface area contributed by atoms with E-state index in [1.54, 1.807) is 17.7 Å². The first kappa shape index (κ1) is 15.8. The lowest BCUT2D eigenvalue weighted by Gasteiger charge is -2.39. The quantitative estimate of drug-likeness (QED) is 0.914. The van der Waals surface area contributed by atoms with Gasteiger partial charge < -0.3 is 14.6 Å². The molecule has 0 amide bonds. The minimum absolute atomic E-state index is 0.0206. The summed E-state index contributed by atoms with van der Waals surface area (Å²) in [6, 6.07) is 4.69. The number of benzene rings is 1. The van der Waals surface area contributed by atoms with Crippen LogP contribution in [0.4, 0.5) is 10.1 Å². The molecule has 5 nitrogen and oxygen atoms in total. The largest absolute Gasteiger partial charge is 0.475 e. The van der Waals surface area contributed by atoms with Crippen molar-refractivity contribution in [2.75, 3.05) is 11.4 Å². The Bertz CT molecular complexity index is 801. The molecule has 0 saturated carbocycles. The van der Waals surface area contributed by atoms with Gasteiger partial charge in [0.05, 0.1) is 23.0 Å². The monoisotopic (exact) mass is 337 g/mol. The van der Waals surface area contributed by atoms with E-state index in [4.69, 9.17) is 11.6 Å². The number of hydrogen-bond donors (Lipinski definition) is 1. The minimum Gasteiger partial charge on any atom is -0.475 e. The number of aromatic carboxylic acids is 1. The SMILES string of the molecule is Cn1c(C(=O)O)nc2c1CN(c1ccc(Cl)c(F)c1)CC2(C)C. The van der Waals surface area contributed by atoms with Gasteiger partial charge in [-0.1, -0.05) is 25.4 Å². The van der Waals surface area contributed by atoms with Gasteiger partial charge in [-0.05, 0) is 18.2 Å². The molecule has 122 valence electrons. The molecule has 0 atom stereocenters. The Morgan fingerprint density at radius 3 is 2.74 bits per heavy atom. The molecule has 1 aromatic heterocycles. The van der Waals surface area contributed by atoms with Crippen LogP contribution in [-0.4, -0.2) is 27.2 Å². The fourth-order valence-electron chi connectivity index (χ4n) is 3.10. The number of halogens is 2. The lowest BCUT2D eigenvalue weighted by molar-refractivity contribution is 0.0679. The Labute approximate surface area is 138 Å². The van der Waals surface area contributed by atoms with Crippen LogP contribution in [0.15, 0.2) is 18.2 Å². The van der Waals surface area contributed by atoms with Crippen LogP contribution in [0.5, 0.6) is 0 Å². The topological polar surface area (TPSA) is 58.4 Å². The molecule has 3 rings (SSSR count). The second-order valence-corrected chi connectivity index (χ2v) is 6.84. The van der Waals surface area contributed by atoms with Gasteiger partial charge in [-0.3, -0.25) is 0 Å². The highest BCUT2D eigenvalue weighted by Crippen LogP contribution is 2.36. The maximum absolute atomic E-state index is 13.8. The van der Waals surface area contributed by atoms with Gasteiger partial charge in [0.15, 0.2) is 0 Å². The average Bonchev–Trinajstić information content (AvgIpc) is 2.80. The van der Waals surface area contributed by atoms with Gasteiger partial charge in [-0.15, -0.1) is 0 Å². The minimum atomic E-state index is -1.05. The molecule has 1 aliphatic heterocycles. The molecule has 0 saturated heterocycles. The molecule has 23 heavy (non-hydrogen) atoms. The first-order chi connectivity index (χ1) is 10.7. The highest BCUT2D eigenvalue weighted by molar-refractivity contribution is 6.30. The Balaban J connectivity index is 2.06. The van der Waals surface area contributed by atoms with Crippen LogP contribution in [-0.2, 0) is 19.0 Å². The van der Waals surface area contributed by atoms with E-state index in [1.807, 2.05) is 18.7 Å². The number of imidazole rings is 1. The summed E-state index contributed by atoms with van der Waals surface area (Å²) >= 11 is 5.75. The lowest BCUT2D eigenvalue weighted by atomic mass is 9.84. The van der Waals surface area contributed by atoms with Crippen LogP contribution in [0.3, 0.4) is 0 Å². The van der Waals surface area contributed by atoms with Gasteiger partial charge in [0.25, 0.3) is 0 Å². The smallest absolute Gasteiger partial charge is 0.372 e. The maximum Gasteiger partial charge on any atom is 0.372 e. The van der Waals surface area contributed by atoms with E-state index in [2.05, 4.69) is 4.98 Å². The normalized spacial score (nSPS) is 16.3. The van der Waals surface area contributed by atoms with Crippen molar-refractivity contribution in [1.29, 1.82) is 0 Å². The number of fused-ring (bicyclic) bond motifs is 1. The zero-order chi connectivity index (χ0) is 16.9. The number of carboxylic acids is 1. The number of nitrogens with zero attached hydrogens (tertiary/aromatic N) is 3. The number of rotatable bonds is 2. The maximum atomic E-state index is 13.8. The summed E-state index contributed by atoms with van der Waals surface area (Å²) in [6.45, 7) is 5.08. The first-order valence-electron chi connectivity index (χ1n) is 7.20. The Morgan fingerprint density at radius 2 is 2.13 bits per heavy atom. The van der Waals surface area contributed by atoms with Crippen LogP contribution < -0.4 is 4.90 Å². The van der Waals surface area contributed by atoms with Crippen LogP contribution in [0.2, 0.25) is 5.02 Å². The summed E-state index contributed by atoms with van der Waals surface area (Å²) in [4.78, 5) is 17.6. The molecule has 0 unspecified atom stereocenters. The number of aromatic nitrogens is 2. The summed E-state index contributed by atoms with van der Waals surface area (Å²) in [7, 11) is 1.69. The van der Waals surface area contributed by atoms with Crippen LogP contribution in [0.1, 0.15) is 35.9 Å². The van der Waals surface area contributed by atoms with Gasteiger partial charge in [-0.25, -0.2) is 14.2 Å². The number of hydrogen-bond acceptors (Lipinski definition) is 3. The zero-order valence-electron chi connectivity index (χ0n) is 13.1. The summed E-state index contributed by atoms with van der Waals surface area (Å²) in [5.74, 6) is -1.50. The summed E-state index contributed by atoms with van der Waals surface area (Å²) in [5.41, 5.74) is 1.97. The fourth-order valence-corrected chi connectivity index (χ4v) is 3.22. The van der Waals surface area contributed by atoms with Crippen LogP contribution >= 0.6 is 11.6 Å². The van der Waals surface area contributed by atoms with E-state index in [0.717, 1.165) is 11.4 Å². The molecule has 0 aliphatic carbocycles. The number of carbonyl (C=O) groups is 1. The van der Waals surface area contributed by atoms with Gasteiger partial charge in [-0.2, -0.15) is 0 Å². The molecule has 0 bridgehead atoms. The van der Waals surface area contributed by atoms with Crippen molar-refractivity contribution in [2.45, 2.75) is 25.8 Å². The molecule has 7 heteroatoms. The summed E-state index contributed by atoms with van der Waals surface area (Å²) in [6.07, 6.45) is 0. The highest BCUT2D eigenvalue weighted by Gasteiger charge is 2.37. The van der Waals surface area contributed by atoms with E-state index in [-0.39, 0.29) is 16.3 Å². The van der Waals surface area contributed by atoms with Gasteiger partial charge >= 0.3 is 5.97 Å². The molecule has 2 heterocycles. The van der Waals surface area contributed by atoms with E-state index in [1.165, 1.54) is 12.1 Å². The molecule has 1 N–H and O–H groups in total. The molecule has 0 fully saturated rings. The Hall–Kier alpha value is -2.08. The lowest BCUT2D eigenvalue weighted by Crippen LogP contribution is -2.42. The third-order valence-corrected chi connectivity index (χ3v) is 4.55. The molecular weight excluding hydrogens is 321 g/mol. The third-order valence-electron chi connectivity index (χ3n) is 4.24. The van der Waals surface area contributed by atoms with Crippen molar-refractivity contribution in [3.8, 4) is 0 Å². The summed E-state index contributed by atoms with van der Waals surface area (Å²) in [5, 5.41) is 9.36. The molecule has 2 aromatic rings. The standard InChI is InChI=1S/C16H17ClFN3O2/c1-16(2)8-21(9-4-5-10(17)11(18)6-9)7-12-13(16)19-14(15(22)23)20(12)3/h4-6H,7-8H2,1-3H3,(H,22,23). The van der Waals surface area contributed by atoms with E-state index in [9.17, 15) is 14.3 Å². The highest BCUT2D eigenvalue weighted by atomic mass is 35.5. The molecular formula is C16H17ClFN3O2. The van der Waals surface area contributed by atoms with E-state index >= 15 is 0 Å². The Morgan fingerprint density at radius 1 is 1.43 bits per heavy atom. The fraction of sp³-hybridized carbons (Fsp3) is 0.375. The molecule has 1 aliphatic rings. The van der Waals surface area contributed by atoms with Crippen molar-refractivity contribution < 1.29 is 14.3 Å². The number of anilines is 1. The second kappa shape index (κ2) is 5.23. The molecule has 1 aromatic carbocycles. The average molecular weight is 338 g/mol. The van der Waals surface area contributed by atoms with Gasteiger partial charge in [0.2, 0.25) is 5.82 Å². The van der Waals surface area contributed by atoms with Crippen molar-refractivity contribution >= 4 is 23.3 Å². The van der Waals surface area contributed by atoms with Crippen LogP contribution in [0, 0.1) is 5.82 Å².